The van der Waals surface area contributed by atoms with Gasteiger partial charge in [0.2, 0.25) is 0 Å². The normalized spacial score (nSPS) is 9.55. The molecule has 0 aliphatic heterocycles. The maximum absolute atomic E-state index is 11.7. The van der Waals surface area contributed by atoms with E-state index in [2.05, 4.69) is 10.3 Å². The van der Waals surface area contributed by atoms with Crippen molar-refractivity contribution in [3.63, 3.8) is 0 Å². The Hall–Kier alpha value is -1.32. The molecule has 0 radical (unpaired) electrons. The van der Waals surface area contributed by atoms with Crippen LogP contribution in [0.2, 0.25) is 0 Å². The predicted molar refractivity (Wildman–Crippen MR) is 43.1 cm³/mol. The molecule has 0 unspecified atom stereocenters. The fraction of sp³-hybridized carbons (Fsp3) is 0.286. The number of nitrogen functional groups attached to an aromatic ring is 1. The molecule has 0 aliphatic carbocycles. The molecule has 0 bridgehead atoms. The molecular formula is C7H10FN3. The van der Waals surface area contributed by atoms with Gasteiger partial charge >= 0.3 is 0 Å². The molecule has 3 nitrogen and oxygen atoms in total. The first-order chi connectivity index (χ1) is 5.34. The third-order valence-corrected chi connectivity index (χ3v) is 1.25. The van der Waals surface area contributed by atoms with E-state index >= 15 is 0 Å². The fourth-order valence-electron chi connectivity index (χ4n) is 0.749. The first-order valence-electron chi connectivity index (χ1n) is 3.35. The summed E-state index contributed by atoms with van der Waals surface area (Å²) in [5, 5.41) is 2.80. The molecule has 0 saturated heterocycles. The number of hydrogen-bond acceptors (Lipinski definition) is 3. The first kappa shape index (κ1) is 7.78. The second kappa shape index (κ2) is 3.75. The average Bonchev–Trinajstić information content (AvgIpc) is 2.03. The van der Waals surface area contributed by atoms with Crippen molar-refractivity contribution in [1.29, 1.82) is 0 Å². The van der Waals surface area contributed by atoms with Gasteiger partial charge in [0, 0.05) is 12.7 Å². The molecule has 3 N–H and O–H groups in total. The number of anilines is 2. The minimum absolute atomic E-state index is 0.274. The molecule has 60 valence electrons. The van der Waals surface area contributed by atoms with Crippen LogP contribution in [0.4, 0.5) is 15.9 Å². The Morgan fingerprint density at radius 3 is 3.09 bits per heavy atom. The minimum Gasteiger partial charge on any atom is -0.382 e. The second-order valence-electron chi connectivity index (χ2n) is 2.05. The van der Waals surface area contributed by atoms with Gasteiger partial charge < -0.3 is 11.1 Å². The van der Waals surface area contributed by atoms with Crippen LogP contribution in [-0.2, 0) is 0 Å². The van der Waals surface area contributed by atoms with Gasteiger partial charge in [0.1, 0.15) is 12.5 Å². The summed E-state index contributed by atoms with van der Waals surface area (Å²) in [5.74, 6) is 0.404. The van der Waals surface area contributed by atoms with Crippen molar-refractivity contribution in [1.82, 2.24) is 4.98 Å². The van der Waals surface area contributed by atoms with Gasteiger partial charge in [-0.3, -0.25) is 0 Å². The third-order valence-electron chi connectivity index (χ3n) is 1.25. The Bertz CT molecular complexity index is 227. The molecule has 0 saturated carbocycles. The van der Waals surface area contributed by atoms with E-state index in [9.17, 15) is 4.39 Å². The zero-order valence-electron chi connectivity index (χ0n) is 6.05. The van der Waals surface area contributed by atoms with Crippen molar-refractivity contribution >= 4 is 11.5 Å². The van der Waals surface area contributed by atoms with E-state index in [1.807, 2.05) is 0 Å². The number of aromatic nitrogens is 1. The molecule has 11 heavy (non-hydrogen) atoms. The van der Waals surface area contributed by atoms with Crippen LogP contribution in [0.15, 0.2) is 18.3 Å². The molecule has 0 aromatic carbocycles. The highest BCUT2D eigenvalue weighted by atomic mass is 19.1. The van der Waals surface area contributed by atoms with Gasteiger partial charge in [0.15, 0.2) is 0 Å². The van der Waals surface area contributed by atoms with E-state index < -0.39 is 6.67 Å². The lowest BCUT2D eigenvalue weighted by atomic mass is 10.4. The lowest BCUT2D eigenvalue weighted by Crippen LogP contribution is -2.06. The lowest BCUT2D eigenvalue weighted by molar-refractivity contribution is 0.513. The van der Waals surface area contributed by atoms with Crippen molar-refractivity contribution in [2.75, 3.05) is 24.3 Å². The molecule has 4 heteroatoms. The van der Waals surface area contributed by atoms with Crippen LogP contribution in [0.25, 0.3) is 0 Å². The van der Waals surface area contributed by atoms with E-state index in [1.165, 1.54) is 0 Å². The van der Waals surface area contributed by atoms with Gasteiger partial charge in [-0.05, 0) is 12.1 Å². The Labute approximate surface area is 64.4 Å². The zero-order chi connectivity index (χ0) is 8.10. The van der Waals surface area contributed by atoms with Crippen molar-refractivity contribution in [3.05, 3.63) is 18.3 Å². The summed E-state index contributed by atoms with van der Waals surface area (Å²) < 4.78 is 11.7. The highest BCUT2D eigenvalue weighted by molar-refractivity contribution is 5.60. The Morgan fingerprint density at radius 2 is 2.45 bits per heavy atom. The van der Waals surface area contributed by atoms with Gasteiger partial charge in [-0.1, -0.05) is 0 Å². The summed E-state index contributed by atoms with van der Waals surface area (Å²) in [6.07, 6.45) is 1.59. The summed E-state index contributed by atoms with van der Waals surface area (Å²) >= 11 is 0. The Morgan fingerprint density at radius 1 is 1.64 bits per heavy atom. The fourth-order valence-corrected chi connectivity index (χ4v) is 0.749. The van der Waals surface area contributed by atoms with Crippen LogP contribution in [0.1, 0.15) is 0 Å². The average molecular weight is 155 g/mol. The number of nitrogens with zero attached hydrogens (tertiary/aromatic N) is 1. The smallest absolute Gasteiger partial charge is 0.146 e. The van der Waals surface area contributed by atoms with Gasteiger partial charge in [0.05, 0.1) is 5.69 Å². The van der Waals surface area contributed by atoms with Crippen molar-refractivity contribution < 1.29 is 4.39 Å². The number of nitrogens with two attached hydrogens (primary N) is 1. The quantitative estimate of drug-likeness (QED) is 0.685. The molecular weight excluding hydrogens is 145 g/mol. The SMILES string of the molecule is Nc1ncccc1NCCF. The maximum Gasteiger partial charge on any atom is 0.146 e. The number of rotatable bonds is 3. The first-order valence-corrected chi connectivity index (χ1v) is 3.35. The summed E-state index contributed by atoms with van der Waals surface area (Å²) in [6, 6.07) is 3.51. The minimum atomic E-state index is -0.408. The van der Waals surface area contributed by atoms with Crippen molar-refractivity contribution in [2.24, 2.45) is 0 Å². The van der Waals surface area contributed by atoms with E-state index in [4.69, 9.17) is 5.73 Å². The maximum atomic E-state index is 11.7. The number of alkyl halides is 1. The molecule has 1 aromatic heterocycles. The van der Waals surface area contributed by atoms with Crippen LogP contribution in [0.5, 0.6) is 0 Å². The van der Waals surface area contributed by atoms with Gasteiger partial charge in [0.25, 0.3) is 0 Å². The number of halogens is 1. The summed E-state index contributed by atoms with van der Waals surface area (Å²) in [5.41, 5.74) is 6.15. The van der Waals surface area contributed by atoms with Gasteiger partial charge in [-0.2, -0.15) is 0 Å². The van der Waals surface area contributed by atoms with Crippen molar-refractivity contribution in [2.45, 2.75) is 0 Å². The zero-order valence-corrected chi connectivity index (χ0v) is 6.05. The van der Waals surface area contributed by atoms with Crippen molar-refractivity contribution in [3.8, 4) is 0 Å². The van der Waals surface area contributed by atoms with Crippen LogP contribution in [-0.4, -0.2) is 18.2 Å². The Kier molecular flexibility index (Phi) is 2.66. The van der Waals surface area contributed by atoms with Crippen LogP contribution < -0.4 is 11.1 Å². The highest BCUT2D eigenvalue weighted by Gasteiger charge is 1.95. The van der Waals surface area contributed by atoms with E-state index in [1.54, 1.807) is 18.3 Å². The predicted octanol–water partition coefficient (Wildman–Crippen LogP) is 1.05. The number of hydrogen-bond donors (Lipinski definition) is 2. The molecule has 0 atom stereocenters. The third kappa shape index (κ3) is 2.07. The lowest BCUT2D eigenvalue weighted by Gasteiger charge is -2.04. The summed E-state index contributed by atoms with van der Waals surface area (Å²) in [7, 11) is 0. The van der Waals surface area contributed by atoms with Gasteiger partial charge in [-0.25, -0.2) is 9.37 Å². The molecule has 0 amide bonds. The van der Waals surface area contributed by atoms with E-state index in [-0.39, 0.29) is 6.54 Å². The molecule has 0 spiro atoms. The number of pyridine rings is 1. The highest BCUT2D eigenvalue weighted by Crippen LogP contribution is 2.12. The van der Waals surface area contributed by atoms with Crippen LogP contribution in [0, 0.1) is 0 Å². The molecule has 1 heterocycles. The largest absolute Gasteiger partial charge is 0.382 e. The summed E-state index contributed by atoms with van der Waals surface area (Å²) in [4.78, 5) is 3.82. The summed E-state index contributed by atoms with van der Waals surface area (Å²) in [6.45, 7) is -0.135. The number of nitrogens with one attached hydrogen (secondary N) is 1. The Balaban J connectivity index is 2.62. The van der Waals surface area contributed by atoms with Gasteiger partial charge in [-0.15, -0.1) is 0 Å². The molecule has 1 rings (SSSR count). The monoisotopic (exact) mass is 155 g/mol. The van der Waals surface area contributed by atoms with E-state index in [0.29, 0.717) is 11.5 Å². The van der Waals surface area contributed by atoms with Crippen LogP contribution >= 0.6 is 0 Å². The molecule has 1 aromatic rings. The molecule has 0 fully saturated rings. The van der Waals surface area contributed by atoms with E-state index in [0.717, 1.165) is 0 Å². The standard InChI is InChI=1S/C7H10FN3/c8-3-5-10-6-2-1-4-11-7(6)9/h1-2,4,10H,3,5H2,(H2,9,11). The molecule has 0 aliphatic rings. The topological polar surface area (TPSA) is 50.9 Å². The van der Waals surface area contributed by atoms with Crippen LogP contribution in [0.3, 0.4) is 0 Å². The second-order valence-corrected chi connectivity index (χ2v) is 2.05.